The zero-order chi connectivity index (χ0) is 18.9. The molecule has 0 spiro atoms. The van der Waals surface area contributed by atoms with Gasteiger partial charge < -0.3 is 9.64 Å². The number of carbonyl (C=O) groups excluding carboxylic acids is 1. The number of nitriles is 1. The standard InChI is InChI=1S/C19H22ClN3O3/c1-4-25-18(24)19(16-6-5-14(10-21)9-17(16)20)8-7-15-11-22(12-23(15)19)26-13(2)3/h5-6,9,11,13H,4,7-8,12H2,1-3H3. The summed E-state index contributed by atoms with van der Waals surface area (Å²) in [7, 11) is 0. The fourth-order valence-corrected chi connectivity index (χ4v) is 3.96. The van der Waals surface area contributed by atoms with E-state index in [-0.39, 0.29) is 18.7 Å². The Bertz CT molecular complexity index is 787. The molecule has 0 radical (unpaired) electrons. The molecule has 7 heteroatoms. The van der Waals surface area contributed by atoms with Gasteiger partial charge in [0, 0.05) is 22.5 Å². The number of hydrogen-bond donors (Lipinski definition) is 0. The lowest BCUT2D eigenvalue weighted by atomic mass is 9.86. The van der Waals surface area contributed by atoms with Crippen molar-refractivity contribution in [2.24, 2.45) is 0 Å². The molecule has 1 fully saturated rings. The molecule has 1 saturated heterocycles. The van der Waals surface area contributed by atoms with Crippen molar-refractivity contribution in [1.29, 1.82) is 5.26 Å². The van der Waals surface area contributed by atoms with Crippen LogP contribution in [0.2, 0.25) is 5.02 Å². The number of hydrogen-bond acceptors (Lipinski definition) is 6. The zero-order valence-electron chi connectivity index (χ0n) is 15.2. The molecular weight excluding hydrogens is 354 g/mol. The molecule has 6 nitrogen and oxygen atoms in total. The first-order valence-electron chi connectivity index (χ1n) is 8.71. The van der Waals surface area contributed by atoms with Crippen molar-refractivity contribution in [2.75, 3.05) is 13.3 Å². The molecule has 2 aliphatic heterocycles. The third kappa shape index (κ3) is 3.02. The summed E-state index contributed by atoms with van der Waals surface area (Å²) < 4.78 is 5.43. The molecule has 0 bridgehead atoms. The summed E-state index contributed by atoms with van der Waals surface area (Å²) in [4.78, 5) is 20.8. The van der Waals surface area contributed by atoms with Crippen molar-refractivity contribution in [2.45, 2.75) is 45.3 Å². The van der Waals surface area contributed by atoms with Crippen LogP contribution in [0, 0.1) is 11.3 Å². The highest BCUT2D eigenvalue weighted by Gasteiger charge is 2.55. The summed E-state index contributed by atoms with van der Waals surface area (Å²) >= 11 is 6.48. The molecule has 0 saturated carbocycles. The first-order chi connectivity index (χ1) is 12.4. The van der Waals surface area contributed by atoms with E-state index in [1.54, 1.807) is 30.2 Å². The van der Waals surface area contributed by atoms with Crippen molar-refractivity contribution in [1.82, 2.24) is 9.96 Å². The van der Waals surface area contributed by atoms with Gasteiger partial charge in [0.25, 0.3) is 0 Å². The van der Waals surface area contributed by atoms with Gasteiger partial charge >= 0.3 is 5.97 Å². The molecule has 1 aromatic rings. The summed E-state index contributed by atoms with van der Waals surface area (Å²) in [6, 6.07) is 7.11. The minimum absolute atomic E-state index is 0.0300. The van der Waals surface area contributed by atoms with Gasteiger partial charge in [0.15, 0.2) is 5.54 Å². The second kappa shape index (κ2) is 7.18. The molecule has 138 valence electrons. The number of carbonyl (C=O) groups is 1. The fourth-order valence-electron chi connectivity index (χ4n) is 3.62. The third-order valence-corrected chi connectivity index (χ3v) is 4.94. The number of hydroxylamine groups is 2. The molecule has 0 N–H and O–H groups in total. The molecule has 2 aliphatic rings. The van der Waals surface area contributed by atoms with Crippen molar-refractivity contribution < 1.29 is 14.4 Å². The van der Waals surface area contributed by atoms with E-state index < -0.39 is 5.54 Å². The Kier molecular flexibility index (Phi) is 5.12. The van der Waals surface area contributed by atoms with Crippen LogP contribution in [0.3, 0.4) is 0 Å². The van der Waals surface area contributed by atoms with Crippen LogP contribution < -0.4 is 0 Å². The van der Waals surface area contributed by atoms with Crippen molar-refractivity contribution in [3.8, 4) is 6.07 Å². The highest BCUT2D eigenvalue weighted by Crippen LogP contribution is 2.49. The van der Waals surface area contributed by atoms with Crippen LogP contribution in [0.1, 0.15) is 44.7 Å². The van der Waals surface area contributed by atoms with Crippen LogP contribution in [0.5, 0.6) is 0 Å². The Balaban J connectivity index is 2.04. The predicted octanol–water partition coefficient (Wildman–Crippen LogP) is 3.52. The molecule has 1 atom stereocenters. The summed E-state index contributed by atoms with van der Waals surface area (Å²) in [6.45, 7) is 6.40. The zero-order valence-corrected chi connectivity index (χ0v) is 15.9. The number of allylic oxidation sites excluding steroid dienone is 1. The Morgan fingerprint density at radius 2 is 2.23 bits per heavy atom. The second-order valence-corrected chi connectivity index (χ2v) is 7.06. The SMILES string of the molecule is CCOC(=O)C1(c2ccc(C#N)cc2Cl)CCC2=CN(OC(C)C)CN21. The van der Waals surface area contributed by atoms with Crippen LogP contribution in [0.25, 0.3) is 0 Å². The normalized spacial score (nSPS) is 21.6. The van der Waals surface area contributed by atoms with Gasteiger partial charge in [-0.1, -0.05) is 17.7 Å². The van der Waals surface area contributed by atoms with Crippen LogP contribution in [0.15, 0.2) is 30.1 Å². The summed E-state index contributed by atoms with van der Waals surface area (Å²) in [6.07, 6.45) is 3.24. The van der Waals surface area contributed by atoms with Crippen LogP contribution >= 0.6 is 11.6 Å². The van der Waals surface area contributed by atoms with E-state index >= 15 is 0 Å². The smallest absolute Gasteiger partial charge is 0.336 e. The molecule has 0 amide bonds. The van der Waals surface area contributed by atoms with E-state index in [2.05, 4.69) is 6.07 Å². The van der Waals surface area contributed by atoms with Gasteiger partial charge in [-0.15, -0.1) is 0 Å². The summed E-state index contributed by atoms with van der Waals surface area (Å²) in [5.41, 5.74) is 1.12. The van der Waals surface area contributed by atoms with Gasteiger partial charge in [-0.3, -0.25) is 4.84 Å². The highest BCUT2D eigenvalue weighted by molar-refractivity contribution is 6.31. The van der Waals surface area contributed by atoms with Crippen LogP contribution in [-0.4, -0.2) is 35.3 Å². The lowest BCUT2D eigenvalue weighted by molar-refractivity contribution is -0.176. The number of nitrogens with zero attached hydrogens (tertiary/aromatic N) is 3. The Labute approximate surface area is 158 Å². The molecule has 0 aliphatic carbocycles. The number of benzene rings is 1. The lowest BCUT2D eigenvalue weighted by Crippen LogP contribution is -2.49. The molecule has 2 heterocycles. The second-order valence-electron chi connectivity index (χ2n) is 6.65. The van der Waals surface area contributed by atoms with E-state index in [1.165, 1.54) is 0 Å². The Hall–Kier alpha value is -2.23. The lowest BCUT2D eigenvalue weighted by Gasteiger charge is -2.37. The molecule has 26 heavy (non-hydrogen) atoms. The van der Waals surface area contributed by atoms with Gasteiger partial charge in [-0.25, -0.2) is 9.86 Å². The minimum atomic E-state index is -1.01. The van der Waals surface area contributed by atoms with E-state index in [0.29, 0.717) is 35.7 Å². The highest BCUT2D eigenvalue weighted by atomic mass is 35.5. The summed E-state index contributed by atoms with van der Waals surface area (Å²) in [5.74, 6) is -0.332. The van der Waals surface area contributed by atoms with Gasteiger partial charge in [-0.05, 0) is 45.7 Å². The monoisotopic (exact) mass is 375 g/mol. The Morgan fingerprint density at radius 3 is 2.85 bits per heavy atom. The van der Waals surface area contributed by atoms with Crippen LogP contribution in [-0.2, 0) is 19.9 Å². The van der Waals surface area contributed by atoms with Gasteiger partial charge in [0.2, 0.25) is 0 Å². The van der Waals surface area contributed by atoms with E-state index in [4.69, 9.17) is 26.4 Å². The first kappa shape index (κ1) is 18.6. The van der Waals surface area contributed by atoms with Crippen molar-refractivity contribution in [3.63, 3.8) is 0 Å². The molecule has 1 aromatic carbocycles. The Morgan fingerprint density at radius 1 is 1.46 bits per heavy atom. The number of esters is 1. The van der Waals surface area contributed by atoms with Gasteiger partial charge in [0.05, 0.1) is 24.3 Å². The first-order valence-corrected chi connectivity index (χ1v) is 9.09. The fraction of sp³-hybridized carbons (Fsp3) is 0.474. The van der Waals surface area contributed by atoms with Crippen LogP contribution in [0.4, 0.5) is 0 Å². The predicted molar refractivity (Wildman–Crippen MR) is 96.6 cm³/mol. The maximum absolute atomic E-state index is 13.1. The molecule has 3 rings (SSSR count). The minimum Gasteiger partial charge on any atom is -0.464 e. The molecular formula is C19H22ClN3O3. The van der Waals surface area contributed by atoms with E-state index in [1.807, 2.05) is 24.9 Å². The third-order valence-electron chi connectivity index (χ3n) is 4.63. The van der Waals surface area contributed by atoms with E-state index in [0.717, 1.165) is 5.70 Å². The average molecular weight is 376 g/mol. The number of halogens is 1. The summed E-state index contributed by atoms with van der Waals surface area (Å²) in [5, 5.41) is 11.2. The van der Waals surface area contributed by atoms with Gasteiger partial charge in [0.1, 0.15) is 6.67 Å². The van der Waals surface area contributed by atoms with Crippen molar-refractivity contribution in [3.05, 3.63) is 46.2 Å². The molecule has 1 unspecified atom stereocenters. The van der Waals surface area contributed by atoms with E-state index in [9.17, 15) is 4.79 Å². The molecule has 0 aromatic heterocycles. The quantitative estimate of drug-likeness (QED) is 0.733. The number of ether oxygens (including phenoxy) is 1. The maximum atomic E-state index is 13.1. The van der Waals surface area contributed by atoms with Crippen molar-refractivity contribution >= 4 is 17.6 Å². The maximum Gasteiger partial charge on any atom is 0.336 e. The van der Waals surface area contributed by atoms with Gasteiger partial charge in [-0.2, -0.15) is 5.26 Å². The average Bonchev–Trinajstić information content (AvgIpc) is 3.13. The number of fused-ring (bicyclic) bond motifs is 1. The largest absolute Gasteiger partial charge is 0.464 e. The number of rotatable bonds is 5. The topological polar surface area (TPSA) is 65.8 Å².